The maximum absolute atomic E-state index is 11.7. The molecule has 0 bridgehead atoms. The quantitative estimate of drug-likeness (QED) is 0.385. The van der Waals surface area contributed by atoms with Gasteiger partial charge in [0.05, 0.1) is 0 Å². The van der Waals surface area contributed by atoms with Gasteiger partial charge >= 0.3 is 0 Å². The zero-order valence-corrected chi connectivity index (χ0v) is 10.9. The summed E-state index contributed by atoms with van der Waals surface area (Å²) in [6.07, 6.45) is 3.08. The van der Waals surface area contributed by atoms with Crippen molar-refractivity contribution in [1.82, 2.24) is 5.48 Å². The molecule has 0 aliphatic carbocycles. The van der Waals surface area contributed by atoms with E-state index in [9.17, 15) is 4.79 Å². The molecule has 0 saturated heterocycles. The molecule has 100 valence electrons. The monoisotopic (exact) mass is 265 g/mol. The first kappa shape index (κ1) is 13.8. The molecule has 0 unspecified atom stereocenters. The summed E-state index contributed by atoms with van der Waals surface area (Å²) in [5, 5.41) is 8.80. The van der Waals surface area contributed by atoms with Gasteiger partial charge in [0.15, 0.2) is 0 Å². The molecule has 0 radical (unpaired) electrons. The van der Waals surface area contributed by atoms with Crippen molar-refractivity contribution in [2.75, 3.05) is 0 Å². The number of carbonyl (C=O) groups excluding carboxylic acids is 1. The smallest absolute Gasteiger partial charge is 0.275 e. The topological polar surface area (TPSA) is 49.3 Å². The molecule has 0 spiro atoms. The first-order valence-corrected chi connectivity index (χ1v) is 6.19. The minimum atomic E-state index is -0.560. The predicted octanol–water partition coefficient (Wildman–Crippen LogP) is 3.43. The van der Waals surface area contributed by atoms with Crippen LogP contribution >= 0.6 is 0 Å². The van der Waals surface area contributed by atoms with E-state index in [-0.39, 0.29) is 0 Å². The third kappa shape index (κ3) is 3.02. The van der Waals surface area contributed by atoms with Gasteiger partial charge in [-0.2, -0.15) is 0 Å². The van der Waals surface area contributed by atoms with Crippen molar-refractivity contribution >= 4 is 11.5 Å². The standard InChI is InChI=1S/C17H15NO2/c1-2-7-16(17(19)18-20)15-11-6-10-14(12-15)13-8-4-3-5-9-13/h2-12,20H,1H2,(H,18,19)/b16-7+. The zero-order valence-electron chi connectivity index (χ0n) is 10.9. The van der Waals surface area contributed by atoms with E-state index in [0.717, 1.165) is 16.7 Å². The minimum absolute atomic E-state index is 0.361. The summed E-state index contributed by atoms with van der Waals surface area (Å²) >= 11 is 0. The number of nitrogens with one attached hydrogen (secondary N) is 1. The number of hydrogen-bond donors (Lipinski definition) is 2. The van der Waals surface area contributed by atoms with Gasteiger partial charge in [0.2, 0.25) is 0 Å². The van der Waals surface area contributed by atoms with Crippen LogP contribution < -0.4 is 5.48 Å². The molecular weight excluding hydrogens is 250 g/mol. The van der Waals surface area contributed by atoms with E-state index in [2.05, 4.69) is 6.58 Å². The number of amides is 1. The van der Waals surface area contributed by atoms with Crippen molar-refractivity contribution in [3.8, 4) is 11.1 Å². The second kappa shape index (κ2) is 6.50. The number of hydrogen-bond acceptors (Lipinski definition) is 2. The Bertz CT molecular complexity index is 645. The first-order chi connectivity index (χ1) is 9.76. The third-order valence-electron chi connectivity index (χ3n) is 2.91. The van der Waals surface area contributed by atoms with E-state index in [1.165, 1.54) is 6.08 Å². The van der Waals surface area contributed by atoms with Crippen LogP contribution in [-0.2, 0) is 4.79 Å². The Morgan fingerprint density at radius 2 is 1.75 bits per heavy atom. The highest BCUT2D eigenvalue weighted by Crippen LogP contribution is 2.23. The Hall–Kier alpha value is -2.65. The fraction of sp³-hybridized carbons (Fsp3) is 0. The fourth-order valence-electron chi connectivity index (χ4n) is 1.98. The van der Waals surface area contributed by atoms with Crippen molar-refractivity contribution in [3.05, 3.63) is 78.9 Å². The summed E-state index contributed by atoms with van der Waals surface area (Å²) in [4.78, 5) is 11.7. The Morgan fingerprint density at radius 1 is 1.05 bits per heavy atom. The SMILES string of the molecule is C=C/C=C(/C(=O)NO)c1cccc(-c2ccccc2)c1. The average molecular weight is 265 g/mol. The highest BCUT2D eigenvalue weighted by Gasteiger charge is 2.11. The van der Waals surface area contributed by atoms with Gasteiger partial charge in [-0.05, 0) is 28.8 Å². The van der Waals surface area contributed by atoms with Crippen LogP contribution in [0.4, 0.5) is 0 Å². The molecule has 0 atom stereocenters. The highest BCUT2D eigenvalue weighted by atomic mass is 16.5. The number of benzene rings is 2. The molecule has 2 aromatic rings. The van der Waals surface area contributed by atoms with Crippen LogP contribution in [0.15, 0.2) is 73.3 Å². The Kier molecular flexibility index (Phi) is 4.47. The second-order valence-corrected chi connectivity index (χ2v) is 4.20. The zero-order chi connectivity index (χ0) is 14.4. The van der Waals surface area contributed by atoms with Crippen molar-refractivity contribution in [3.63, 3.8) is 0 Å². The summed E-state index contributed by atoms with van der Waals surface area (Å²) < 4.78 is 0. The number of hydroxylamine groups is 1. The molecule has 20 heavy (non-hydrogen) atoms. The van der Waals surface area contributed by atoms with Gasteiger partial charge in [0.1, 0.15) is 0 Å². The van der Waals surface area contributed by atoms with Crippen LogP contribution in [0.2, 0.25) is 0 Å². The molecule has 3 heteroatoms. The lowest BCUT2D eigenvalue weighted by atomic mass is 9.98. The van der Waals surface area contributed by atoms with E-state index in [1.807, 2.05) is 54.6 Å². The summed E-state index contributed by atoms with van der Waals surface area (Å²) in [7, 11) is 0. The molecule has 0 aliphatic heterocycles. The van der Waals surface area contributed by atoms with Gasteiger partial charge in [-0.3, -0.25) is 10.0 Å². The molecule has 0 fully saturated rings. The van der Waals surface area contributed by atoms with E-state index < -0.39 is 5.91 Å². The lowest BCUT2D eigenvalue weighted by Gasteiger charge is -2.08. The van der Waals surface area contributed by atoms with Gasteiger partial charge in [-0.1, -0.05) is 61.2 Å². The van der Waals surface area contributed by atoms with E-state index in [1.54, 1.807) is 11.6 Å². The molecule has 0 aliphatic rings. The summed E-state index contributed by atoms with van der Waals surface area (Å²) in [5.74, 6) is -0.560. The molecule has 0 saturated carbocycles. The Balaban J connectivity index is 2.46. The number of rotatable bonds is 4. The van der Waals surface area contributed by atoms with Crippen LogP contribution in [-0.4, -0.2) is 11.1 Å². The molecule has 2 N–H and O–H groups in total. The summed E-state index contributed by atoms with van der Waals surface area (Å²) in [6, 6.07) is 17.4. The predicted molar refractivity (Wildman–Crippen MR) is 80.0 cm³/mol. The van der Waals surface area contributed by atoms with Gasteiger partial charge in [0, 0.05) is 5.57 Å². The minimum Gasteiger partial charge on any atom is -0.288 e. The summed E-state index contributed by atoms with van der Waals surface area (Å²) in [6.45, 7) is 3.59. The molecule has 0 aromatic heterocycles. The van der Waals surface area contributed by atoms with Crippen LogP contribution in [0.1, 0.15) is 5.56 Å². The van der Waals surface area contributed by atoms with Crippen molar-refractivity contribution in [2.24, 2.45) is 0 Å². The Labute approximate surface area is 117 Å². The lowest BCUT2D eigenvalue weighted by molar-refractivity contribution is -0.123. The maximum atomic E-state index is 11.7. The largest absolute Gasteiger partial charge is 0.288 e. The Morgan fingerprint density at radius 3 is 2.40 bits per heavy atom. The van der Waals surface area contributed by atoms with Gasteiger partial charge < -0.3 is 0 Å². The van der Waals surface area contributed by atoms with Crippen molar-refractivity contribution in [2.45, 2.75) is 0 Å². The number of allylic oxidation sites excluding steroid dienone is 2. The van der Waals surface area contributed by atoms with Crippen molar-refractivity contribution in [1.29, 1.82) is 0 Å². The lowest BCUT2D eigenvalue weighted by Crippen LogP contribution is -2.19. The van der Waals surface area contributed by atoms with E-state index in [0.29, 0.717) is 5.57 Å². The maximum Gasteiger partial charge on any atom is 0.275 e. The molecule has 0 heterocycles. The van der Waals surface area contributed by atoms with Gasteiger partial charge in [0.25, 0.3) is 5.91 Å². The van der Waals surface area contributed by atoms with Crippen LogP contribution in [0.5, 0.6) is 0 Å². The molecule has 1 amide bonds. The molecular formula is C17H15NO2. The third-order valence-corrected chi connectivity index (χ3v) is 2.91. The molecule has 2 rings (SSSR count). The average Bonchev–Trinajstić information content (AvgIpc) is 2.53. The fourth-order valence-corrected chi connectivity index (χ4v) is 1.98. The van der Waals surface area contributed by atoms with E-state index in [4.69, 9.17) is 5.21 Å². The molecule has 3 nitrogen and oxygen atoms in total. The highest BCUT2D eigenvalue weighted by molar-refractivity contribution is 6.19. The van der Waals surface area contributed by atoms with Crippen LogP contribution in [0.3, 0.4) is 0 Å². The summed E-state index contributed by atoms with van der Waals surface area (Å²) in [5.41, 5.74) is 4.80. The second-order valence-electron chi connectivity index (χ2n) is 4.20. The van der Waals surface area contributed by atoms with Crippen LogP contribution in [0.25, 0.3) is 16.7 Å². The number of carbonyl (C=O) groups is 1. The van der Waals surface area contributed by atoms with Gasteiger partial charge in [-0.25, -0.2) is 5.48 Å². The molecule has 2 aromatic carbocycles. The van der Waals surface area contributed by atoms with Crippen LogP contribution in [0, 0.1) is 0 Å². The normalized spacial score (nSPS) is 10.9. The van der Waals surface area contributed by atoms with Gasteiger partial charge in [-0.15, -0.1) is 0 Å². The first-order valence-electron chi connectivity index (χ1n) is 6.19. The van der Waals surface area contributed by atoms with E-state index >= 15 is 0 Å². The van der Waals surface area contributed by atoms with Crippen molar-refractivity contribution < 1.29 is 10.0 Å².